The fourth-order valence-electron chi connectivity index (χ4n) is 2.03. The molecule has 3 N–H and O–H groups in total. The van der Waals surface area contributed by atoms with Gasteiger partial charge in [-0.3, -0.25) is 4.79 Å². The van der Waals surface area contributed by atoms with Crippen LogP contribution >= 0.6 is 25.0 Å². The summed E-state index contributed by atoms with van der Waals surface area (Å²) in [5.41, 5.74) is 0. The van der Waals surface area contributed by atoms with Crippen molar-refractivity contribution < 1.29 is 23.5 Å². The summed E-state index contributed by atoms with van der Waals surface area (Å²) in [4.78, 5) is 21.8. The number of thiol groups is 1. The average Bonchev–Trinajstić information content (AvgIpc) is 2.36. The van der Waals surface area contributed by atoms with Gasteiger partial charge in [-0.2, -0.15) is 21.4 Å². The molecule has 0 aliphatic carbocycles. The number of halogens is 3. The van der Waals surface area contributed by atoms with E-state index in [9.17, 15) is 18.4 Å². The Labute approximate surface area is 121 Å². The van der Waals surface area contributed by atoms with E-state index in [0.717, 1.165) is 0 Å². The third-order valence-electron chi connectivity index (χ3n) is 2.99. The topological polar surface area (TPSA) is 78.4 Å². The second kappa shape index (κ2) is 7.86. The van der Waals surface area contributed by atoms with Crippen LogP contribution < -0.4 is 10.6 Å². The minimum atomic E-state index is -3.97. The van der Waals surface area contributed by atoms with Gasteiger partial charge in [0.15, 0.2) is 0 Å². The van der Waals surface area contributed by atoms with Gasteiger partial charge in [0.05, 0.1) is 5.75 Å². The first-order valence-electron chi connectivity index (χ1n) is 5.61. The second-order valence-corrected chi connectivity index (χ2v) is 4.54. The number of alkyl halides is 2. The highest BCUT2D eigenvalue weighted by atomic mass is 35.5. The lowest BCUT2D eigenvalue weighted by Crippen LogP contribution is -2.57. The summed E-state index contributed by atoms with van der Waals surface area (Å²) in [7, 11) is 0. The van der Waals surface area contributed by atoms with Crippen LogP contribution in [0.2, 0.25) is 0 Å². The molecule has 5 nitrogen and oxygen atoms in total. The molecular weight excluding hydrogens is 302 g/mol. The number of carboxylic acids is 1. The number of hydrogen-bond acceptors (Lipinski definition) is 4. The summed E-state index contributed by atoms with van der Waals surface area (Å²) in [6.07, 6.45) is 0.806. The molecule has 1 amide bonds. The molecule has 0 aromatic heterocycles. The largest absolute Gasteiger partial charge is 0.477 e. The zero-order valence-corrected chi connectivity index (χ0v) is 11.8. The summed E-state index contributed by atoms with van der Waals surface area (Å²) in [5, 5.41) is 13.7. The van der Waals surface area contributed by atoms with Gasteiger partial charge in [-0.15, -0.1) is 12.4 Å². The van der Waals surface area contributed by atoms with E-state index >= 15 is 0 Å². The van der Waals surface area contributed by atoms with Gasteiger partial charge in [0.1, 0.15) is 6.04 Å². The van der Waals surface area contributed by atoms with E-state index in [1.54, 1.807) is 0 Å². The van der Waals surface area contributed by atoms with Crippen LogP contribution in [-0.4, -0.2) is 47.8 Å². The van der Waals surface area contributed by atoms with E-state index in [1.807, 2.05) is 0 Å². The van der Waals surface area contributed by atoms with Crippen LogP contribution in [0.5, 0.6) is 0 Å². The first-order valence-corrected chi connectivity index (χ1v) is 6.25. The number of piperidine rings is 1. The van der Waals surface area contributed by atoms with Crippen molar-refractivity contribution in [3.8, 4) is 0 Å². The molecule has 1 aliphatic heterocycles. The van der Waals surface area contributed by atoms with Crippen molar-refractivity contribution in [1.82, 2.24) is 10.6 Å². The van der Waals surface area contributed by atoms with Crippen LogP contribution in [-0.2, 0) is 9.59 Å². The predicted octanol–water partition coefficient (Wildman–Crippen LogP) is 0.542. The van der Waals surface area contributed by atoms with Gasteiger partial charge in [0.25, 0.3) is 0 Å². The third-order valence-corrected chi connectivity index (χ3v) is 3.28. The summed E-state index contributed by atoms with van der Waals surface area (Å²) < 4.78 is 27.3. The molecule has 1 heterocycles. The Morgan fingerprint density at radius 2 is 1.95 bits per heavy atom. The quantitative estimate of drug-likeness (QED) is 0.558. The number of nitrogens with one attached hydrogen (secondary N) is 2. The van der Waals surface area contributed by atoms with Crippen molar-refractivity contribution >= 4 is 36.9 Å². The van der Waals surface area contributed by atoms with E-state index < -0.39 is 29.8 Å². The van der Waals surface area contributed by atoms with Gasteiger partial charge >= 0.3 is 11.9 Å². The number of carboxylic acid groups (broad SMARTS) is 1. The lowest BCUT2D eigenvalue weighted by Gasteiger charge is -2.34. The molecule has 1 rings (SSSR count). The Morgan fingerprint density at radius 3 is 2.37 bits per heavy atom. The lowest BCUT2D eigenvalue weighted by atomic mass is 9.86. The minimum absolute atomic E-state index is 0. The van der Waals surface area contributed by atoms with Crippen LogP contribution in [0.15, 0.2) is 0 Å². The smallest absolute Gasteiger partial charge is 0.376 e. The Bertz CT molecular complexity index is 328. The molecule has 1 atom stereocenters. The number of carbonyl (C=O) groups excluding carboxylic acids is 1. The van der Waals surface area contributed by atoms with Crippen molar-refractivity contribution in [2.45, 2.75) is 24.8 Å². The normalized spacial score (nSPS) is 18.3. The molecule has 0 aromatic carbocycles. The molecule has 112 valence electrons. The van der Waals surface area contributed by atoms with Crippen LogP contribution in [0.3, 0.4) is 0 Å². The molecule has 1 aliphatic rings. The van der Waals surface area contributed by atoms with E-state index in [1.165, 1.54) is 0 Å². The highest BCUT2D eigenvalue weighted by Gasteiger charge is 2.51. The fraction of sp³-hybridized carbons (Fsp3) is 0.800. The highest BCUT2D eigenvalue weighted by Crippen LogP contribution is 2.29. The summed E-state index contributed by atoms with van der Waals surface area (Å²) in [6.45, 7) is 1.07. The SMILES string of the molecule is Cl.O=C(CS)NC(C1CCNCC1)C(F)(F)C(=O)O. The average molecular weight is 319 g/mol. The van der Waals surface area contributed by atoms with Crippen molar-refractivity contribution in [2.75, 3.05) is 18.8 Å². The maximum absolute atomic E-state index is 13.6. The zero-order chi connectivity index (χ0) is 13.8. The van der Waals surface area contributed by atoms with Gasteiger partial charge < -0.3 is 15.7 Å². The molecule has 9 heteroatoms. The fourth-order valence-corrected chi connectivity index (χ4v) is 2.13. The van der Waals surface area contributed by atoms with Gasteiger partial charge in [-0.05, 0) is 31.8 Å². The maximum Gasteiger partial charge on any atom is 0.376 e. The number of rotatable bonds is 5. The van der Waals surface area contributed by atoms with E-state index in [0.29, 0.717) is 25.9 Å². The molecular formula is C10H17ClF2N2O3S. The molecule has 0 saturated carbocycles. The van der Waals surface area contributed by atoms with Crippen LogP contribution in [0.1, 0.15) is 12.8 Å². The number of amides is 1. The first kappa shape index (κ1) is 18.4. The van der Waals surface area contributed by atoms with Crippen molar-refractivity contribution in [3.63, 3.8) is 0 Å². The molecule has 0 aromatic rings. The Morgan fingerprint density at radius 1 is 1.42 bits per heavy atom. The predicted molar refractivity (Wildman–Crippen MR) is 71.2 cm³/mol. The van der Waals surface area contributed by atoms with Crippen molar-refractivity contribution in [3.05, 3.63) is 0 Å². The molecule has 1 fully saturated rings. The zero-order valence-electron chi connectivity index (χ0n) is 10.1. The van der Waals surface area contributed by atoms with Crippen molar-refractivity contribution in [1.29, 1.82) is 0 Å². The highest BCUT2D eigenvalue weighted by molar-refractivity contribution is 7.81. The van der Waals surface area contributed by atoms with Gasteiger partial charge in [-0.25, -0.2) is 4.79 Å². The lowest BCUT2D eigenvalue weighted by molar-refractivity contribution is -0.173. The minimum Gasteiger partial charge on any atom is -0.477 e. The molecule has 0 bridgehead atoms. The van der Waals surface area contributed by atoms with Crippen molar-refractivity contribution in [2.24, 2.45) is 5.92 Å². The van der Waals surface area contributed by atoms with Gasteiger partial charge in [0.2, 0.25) is 5.91 Å². The van der Waals surface area contributed by atoms with Crippen LogP contribution in [0, 0.1) is 5.92 Å². The molecule has 1 saturated heterocycles. The first-order chi connectivity index (χ1) is 8.39. The number of carbonyl (C=O) groups is 2. The summed E-state index contributed by atoms with van der Waals surface area (Å²) in [5.74, 6) is -7.69. The second-order valence-electron chi connectivity index (χ2n) is 4.22. The Balaban J connectivity index is 0.00000324. The van der Waals surface area contributed by atoms with Gasteiger partial charge in [0, 0.05) is 0 Å². The molecule has 0 radical (unpaired) electrons. The van der Waals surface area contributed by atoms with Crippen LogP contribution in [0.25, 0.3) is 0 Å². The third kappa shape index (κ3) is 4.77. The van der Waals surface area contributed by atoms with Gasteiger partial charge in [-0.1, -0.05) is 0 Å². The summed E-state index contributed by atoms with van der Waals surface area (Å²) in [6, 6.07) is -1.68. The maximum atomic E-state index is 13.6. The number of aliphatic carboxylic acids is 1. The van der Waals surface area contributed by atoms with Crippen LogP contribution in [0.4, 0.5) is 8.78 Å². The Kier molecular flexibility index (Phi) is 7.61. The van der Waals surface area contributed by atoms with E-state index in [-0.39, 0.29) is 18.2 Å². The van der Waals surface area contributed by atoms with E-state index in [2.05, 4.69) is 23.3 Å². The summed E-state index contributed by atoms with van der Waals surface area (Å²) >= 11 is 3.68. The standard InChI is InChI=1S/C10H16F2N2O3S.ClH/c11-10(12,9(16)17)8(14-7(15)5-18)6-1-3-13-4-2-6;/h6,8,13,18H,1-5H2,(H,14,15)(H,16,17);1H. The molecule has 0 spiro atoms. The molecule has 1 unspecified atom stereocenters. The van der Waals surface area contributed by atoms with E-state index in [4.69, 9.17) is 5.11 Å². The molecule has 19 heavy (non-hydrogen) atoms. The Hall–Kier alpha value is -0.600. The monoisotopic (exact) mass is 318 g/mol. The number of hydrogen-bond donors (Lipinski definition) is 4.